The molecule has 0 unspecified atom stereocenters. The fraction of sp³-hybridized carbons (Fsp3) is 0.233. The Balaban J connectivity index is 1.76. The van der Waals surface area contributed by atoms with Gasteiger partial charge in [-0.15, -0.1) is 0 Å². The van der Waals surface area contributed by atoms with Crippen LogP contribution in [0.4, 0.5) is 11.4 Å². The summed E-state index contributed by atoms with van der Waals surface area (Å²) in [7, 11) is 0. The lowest BCUT2D eigenvalue weighted by Crippen LogP contribution is -2.22. The monoisotopic (exact) mass is 510 g/mol. The van der Waals surface area contributed by atoms with Crippen molar-refractivity contribution >= 4 is 23.1 Å². The molecule has 37 heavy (non-hydrogen) atoms. The molecule has 0 atom stereocenters. The van der Waals surface area contributed by atoms with Crippen LogP contribution in [0.15, 0.2) is 81.6 Å². The maximum Gasteiger partial charge on any atom is 0.266 e. The molecule has 6 nitrogen and oxygen atoms in total. The van der Waals surface area contributed by atoms with Gasteiger partial charge in [-0.2, -0.15) is 5.26 Å². The first-order valence-corrected chi connectivity index (χ1v) is 13.2. The van der Waals surface area contributed by atoms with Crippen LogP contribution in [0.2, 0.25) is 0 Å². The molecule has 7 heteroatoms. The van der Waals surface area contributed by atoms with E-state index in [9.17, 15) is 15.2 Å². The number of nitrogens with zero attached hydrogens (tertiary/aromatic N) is 3. The molecule has 4 rings (SSSR count). The molecular formula is C30H30N4O2S. The highest BCUT2D eigenvalue weighted by Gasteiger charge is 2.23. The number of benzene rings is 2. The lowest BCUT2D eigenvalue weighted by Gasteiger charge is -2.27. The molecule has 2 N–H and O–H groups in total. The molecule has 0 aliphatic rings. The van der Waals surface area contributed by atoms with E-state index in [0.717, 1.165) is 40.1 Å². The normalized spacial score (nSPS) is 10.8. The first-order chi connectivity index (χ1) is 18.0. The van der Waals surface area contributed by atoms with E-state index >= 15 is 0 Å². The first-order valence-electron chi connectivity index (χ1n) is 12.4. The number of aromatic nitrogens is 2. The highest BCUT2D eigenvalue weighted by molar-refractivity contribution is 7.99. The summed E-state index contributed by atoms with van der Waals surface area (Å²) in [6.07, 6.45) is 6.08. The summed E-state index contributed by atoms with van der Waals surface area (Å²) in [5, 5.41) is 20.9. The van der Waals surface area contributed by atoms with Gasteiger partial charge in [-0.05, 0) is 79.8 Å². The lowest BCUT2D eigenvalue weighted by atomic mass is 10.0. The van der Waals surface area contributed by atoms with Gasteiger partial charge in [0.15, 0.2) is 5.75 Å². The average Bonchev–Trinajstić information content (AvgIpc) is 2.92. The predicted octanol–water partition coefficient (Wildman–Crippen LogP) is 6.97. The van der Waals surface area contributed by atoms with E-state index in [-0.39, 0.29) is 16.2 Å². The summed E-state index contributed by atoms with van der Waals surface area (Å²) in [6, 6.07) is 19.4. The number of hydrogen-bond donors (Lipinski definition) is 2. The average molecular weight is 511 g/mol. The molecule has 0 aliphatic heterocycles. The SMILES string of the molecule is CCCCc1[nH]c(=O)c(Sc2ccc(-c3ccncc3C)cc2)c(O)c1N(CC)c1cccc(C#N)c1. The molecule has 188 valence electrons. The second-order valence-corrected chi connectivity index (χ2v) is 9.87. The van der Waals surface area contributed by atoms with Crippen LogP contribution in [0.1, 0.15) is 43.5 Å². The molecule has 4 aromatic rings. The van der Waals surface area contributed by atoms with Gasteiger partial charge in [0.1, 0.15) is 10.6 Å². The zero-order chi connectivity index (χ0) is 26.4. The second kappa shape index (κ2) is 11.8. The third-order valence-corrected chi connectivity index (χ3v) is 7.35. The molecule has 0 amide bonds. The molecule has 2 aromatic heterocycles. The Hall–Kier alpha value is -4.02. The molecule has 0 aliphatic carbocycles. The summed E-state index contributed by atoms with van der Waals surface area (Å²) in [4.78, 5) is 23.4. The van der Waals surface area contributed by atoms with Crippen LogP contribution in [-0.2, 0) is 6.42 Å². The Bertz CT molecular complexity index is 1490. The maximum atomic E-state index is 13.2. The zero-order valence-electron chi connectivity index (χ0n) is 21.3. The van der Waals surface area contributed by atoms with Crippen LogP contribution in [0.25, 0.3) is 11.1 Å². The number of nitriles is 1. The van der Waals surface area contributed by atoms with Gasteiger partial charge in [0.05, 0.1) is 11.6 Å². The number of aryl methyl sites for hydroxylation is 2. The van der Waals surface area contributed by atoms with Crippen LogP contribution in [0, 0.1) is 18.3 Å². The predicted molar refractivity (Wildman–Crippen MR) is 150 cm³/mol. The molecule has 2 heterocycles. The van der Waals surface area contributed by atoms with Crippen LogP contribution < -0.4 is 10.5 Å². The molecule has 0 saturated carbocycles. The number of unbranched alkanes of at least 4 members (excludes halogenated alkanes) is 1. The number of aromatic amines is 1. The summed E-state index contributed by atoms with van der Waals surface area (Å²) in [5.41, 5.74) is 5.54. The molecular weight excluding hydrogens is 480 g/mol. The van der Waals surface area contributed by atoms with Crippen LogP contribution in [0.3, 0.4) is 0 Å². The van der Waals surface area contributed by atoms with E-state index in [2.05, 4.69) is 23.0 Å². The third kappa shape index (κ3) is 5.71. The smallest absolute Gasteiger partial charge is 0.266 e. The minimum Gasteiger partial charge on any atom is -0.504 e. The fourth-order valence-corrected chi connectivity index (χ4v) is 5.21. The summed E-state index contributed by atoms with van der Waals surface area (Å²) >= 11 is 1.24. The standard InChI is InChI=1S/C30H30N4O2S/c1-4-6-10-26-27(34(5-2)23-9-7-8-21(17-23)18-31)28(35)29(30(36)33-26)37-24-13-11-22(12-14-24)25-15-16-32-19-20(25)3/h7-9,11-17,19H,4-6,10H2,1-3H3,(H2,33,35,36). The van der Waals surface area contributed by atoms with Crippen molar-refractivity contribution < 1.29 is 5.11 Å². The number of rotatable bonds is 9. The Morgan fingerprint density at radius 1 is 1.14 bits per heavy atom. The topological polar surface area (TPSA) is 93.0 Å². The minimum absolute atomic E-state index is 0.0434. The quantitative estimate of drug-likeness (QED) is 0.252. The molecule has 0 fully saturated rings. The number of pyridine rings is 2. The highest BCUT2D eigenvalue weighted by Crippen LogP contribution is 2.42. The third-order valence-electron chi connectivity index (χ3n) is 6.25. The van der Waals surface area contributed by atoms with Gasteiger partial charge >= 0.3 is 0 Å². The number of aromatic hydroxyl groups is 1. The fourth-order valence-electron chi connectivity index (χ4n) is 4.36. The minimum atomic E-state index is -0.312. The Morgan fingerprint density at radius 2 is 1.92 bits per heavy atom. The van der Waals surface area contributed by atoms with Crippen LogP contribution in [-0.4, -0.2) is 21.6 Å². The van der Waals surface area contributed by atoms with E-state index < -0.39 is 0 Å². The van der Waals surface area contributed by atoms with Crippen molar-refractivity contribution in [2.24, 2.45) is 0 Å². The molecule has 2 aromatic carbocycles. The van der Waals surface area contributed by atoms with E-state index in [4.69, 9.17) is 0 Å². The van der Waals surface area contributed by atoms with Crippen molar-refractivity contribution in [3.05, 3.63) is 94.2 Å². The molecule has 0 bridgehead atoms. The van der Waals surface area contributed by atoms with Crippen molar-refractivity contribution in [1.82, 2.24) is 9.97 Å². The van der Waals surface area contributed by atoms with Crippen molar-refractivity contribution in [1.29, 1.82) is 5.26 Å². The van der Waals surface area contributed by atoms with Gasteiger partial charge in [-0.3, -0.25) is 9.78 Å². The van der Waals surface area contributed by atoms with Crippen molar-refractivity contribution in [3.63, 3.8) is 0 Å². The van der Waals surface area contributed by atoms with Gasteiger partial charge in [-0.25, -0.2) is 0 Å². The van der Waals surface area contributed by atoms with Crippen LogP contribution in [0.5, 0.6) is 5.75 Å². The summed E-state index contributed by atoms with van der Waals surface area (Å²) in [6.45, 7) is 6.65. The van der Waals surface area contributed by atoms with Crippen molar-refractivity contribution in [2.75, 3.05) is 11.4 Å². The summed E-state index contributed by atoms with van der Waals surface area (Å²) in [5.74, 6) is -0.0434. The summed E-state index contributed by atoms with van der Waals surface area (Å²) < 4.78 is 0. The number of hydrogen-bond acceptors (Lipinski definition) is 6. The Morgan fingerprint density at radius 3 is 2.59 bits per heavy atom. The van der Waals surface area contributed by atoms with Crippen LogP contribution >= 0.6 is 11.8 Å². The molecule has 0 spiro atoms. The maximum absolute atomic E-state index is 13.2. The van der Waals surface area contributed by atoms with Crippen molar-refractivity contribution in [3.8, 4) is 22.9 Å². The van der Waals surface area contributed by atoms with Gasteiger partial charge in [0, 0.05) is 35.2 Å². The molecule has 0 saturated heterocycles. The van der Waals surface area contributed by atoms with Gasteiger partial charge in [0.2, 0.25) is 0 Å². The van der Waals surface area contributed by atoms with Gasteiger partial charge in [0.25, 0.3) is 5.56 Å². The number of H-pyrrole nitrogens is 1. The largest absolute Gasteiger partial charge is 0.504 e. The first kappa shape index (κ1) is 26.1. The van der Waals surface area contributed by atoms with E-state index in [0.29, 0.717) is 29.9 Å². The second-order valence-electron chi connectivity index (χ2n) is 8.79. The van der Waals surface area contributed by atoms with E-state index in [1.807, 2.05) is 67.4 Å². The number of anilines is 2. The number of nitrogens with one attached hydrogen (secondary N) is 1. The van der Waals surface area contributed by atoms with Gasteiger partial charge in [-0.1, -0.05) is 43.3 Å². The van der Waals surface area contributed by atoms with Gasteiger partial charge < -0.3 is 15.0 Å². The molecule has 0 radical (unpaired) electrons. The van der Waals surface area contributed by atoms with E-state index in [1.165, 1.54) is 11.8 Å². The highest BCUT2D eigenvalue weighted by atomic mass is 32.2. The zero-order valence-corrected chi connectivity index (χ0v) is 22.1. The Labute approximate surface area is 221 Å². The Kier molecular flexibility index (Phi) is 8.32. The lowest BCUT2D eigenvalue weighted by molar-refractivity contribution is 0.458. The van der Waals surface area contributed by atoms with E-state index in [1.54, 1.807) is 18.3 Å². The van der Waals surface area contributed by atoms with Crippen molar-refractivity contribution in [2.45, 2.75) is 49.8 Å².